The summed E-state index contributed by atoms with van der Waals surface area (Å²) in [6.45, 7) is 2.46. The van der Waals surface area contributed by atoms with E-state index in [4.69, 9.17) is 5.11 Å². The summed E-state index contributed by atoms with van der Waals surface area (Å²) in [5.74, 6) is 0.239. The zero-order valence-corrected chi connectivity index (χ0v) is 13.1. The molecule has 0 saturated heterocycles. The minimum atomic E-state index is -1.24. The summed E-state index contributed by atoms with van der Waals surface area (Å²) in [6.07, 6.45) is 3.53. The monoisotopic (exact) mass is 356 g/mol. The Labute approximate surface area is 127 Å². The molecule has 106 valence electrons. The fourth-order valence-corrected chi connectivity index (χ4v) is 3.23. The number of rotatable bonds is 5. The van der Waals surface area contributed by atoms with Gasteiger partial charge in [0.15, 0.2) is 0 Å². The highest BCUT2D eigenvalue weighted by atomic mass is 79.9. The van der Waals surface area contributed by atoms with Gasteiger partial charge in [0.05, 0.1) is 16.4 Å². The van der Waals surface area contributed by atoms with Crippen LogP contribution in [0.15, 0.2) is 40.0 Å². The van der Waals surface area contributed by atoms with Crippen LogP contribution in [0.25, 0.3) is 0 Å². The van der Waals surface area contributed by atoms with E-state index in [0.29, 0.717) is 21.7 Å². The van der Waals surface area contributed by atoms with Gasteiger partial charge in [0, 0.05) is 34.1 Å². The van der Waals surface area contributed by atoms with Crippen molar-refractivity contribution < 1.29 is 14.1 Å². The van der Waals surface area contributed by atoms with Gasteiger partial charge in [-0.2, -0.15) is 0 Å². The van der Waals surface area contributed by atoms with E-state index in [1.807, 2.05) is 17.7 Å². The molecule has 0 saturated carbocycles. The highest BCUT2D eigenvalue weighted by Crippen LogP contribution is 2.20. The normalized spacial score (nSPS) is 12.3. The maximum atomic E-state index is 12.2. The highest BCUT2D eigenvalue weighted by molar-refractivity contribution is 9.10. The fraction of sp³-hybridized carbons (Fsp3) is 0.231. The van der Waals surface area contributed by atoms with Crippen molar-refractivity contribution in [3.8, 4) is 0 Å². The van der Waals surface area contributed by atoms with Crippen LogP contribution in [0.3, 0.4) is 0 Å². The number of nitrogens with zero attached hydrogens (tertiary/aromatic N) is 2. The Kier molecular flexibility index (Phi) is 4.72. The van der Waals surface area contributed by atoms with Gasteiger partial charge in [-0.15, -0.1) is 0 Å². The van der Waals surface area contributed by atoms with Gasteiger partial charge in [-0.05, 0) is 41.1 Å². The zero-order chi connectivity index (χ0) is 14.7. The SMILES string of the molecule is Cc1nccn1CCS(=O)c1ccc(Br)c(C(=O)O)c1. The molecule has 0 fully saturated rings. The van der Waals surface area contributed by atoms with Crippen molar-refractivity contribution in [3.05, 3.63) is 46.5 Å². The lowest BCUT2D eigenvalue weighted by molar-refractivity contribution is 0.0695. The largest absolute Gasteiger partial charge is 0.478 e. The smallest absolute Gasteiger partial charge is 0.336 e. The average molecular weight is 357 g/mol. The van der Waals surface area contributed by atoms with Gasteiger partial charge in [0.2, 0.25) is 0 Å². The zero-order valence-electron chi connectivity index (χ0n) is 10.7. The number of halogens is 1. The number of carboxylic acid groups (broad SMARTS) is 1. The van der Waals surface area contributed by atoms with Crippen LogP contribution in [0.2, 0.25) is 0 Å². The second-order valence-electron chi connectivity index (χ2n) is 4.16. The van der Waals surface area contributed by atoms with E-state index in [0.717, 1.165) is 5.82 Å². The van der Waals surface area contributed by atoms with Gasteiger partial charge in [-0.3, -0.25) is 4.21 Å². The van der Waals surface area contributed by atoms with Crippen molar-refractivity contribution in [2.75, 3.05) is 5.75 Å². The number of hydrogen-bond donors (Lipinski definition) is 1. The molecule has 20 heavy (non-hydrogen) atoms. The predicted octanol–water partition coefficient (Wildman–Crippen LogP) is 2.46. The molecular formula is C13H13BrN2O3S. The van der Waals surface area contributed by atoms with E-state index in [1.165, 1.54) is 6.07 Å². The molecule has 1 aromatic heterocycles. The van der Waals surface area contributed by atoms with Gasteiger partial charge in [-0.25, -0.2) is 9.78 Å². The van der Waals surface area contributed by atoms with E-state index in [2.05, 4.69) is 20.9 Å². The molecule has 1 N–H and O–H groups in total. The topological polar surface area (TPSA) is 72.2 Å². The number of aromatic carboxylic acids is 1. The molecule has 2 rings (SSSR count). The lowest BCUT2D eigenvalue weighted by atomic mass is 10.2. The van der Waals surface area contributed by atoms with Gasteiger partial charge in [0.25, 0.3) is 0 Å². The molecule has 1 unspecified atom stereocenters. The second kappa shape index (κ2) is 6.32. The molecule has 0 spiro atoms. The van der Waals surface area contributed by atoms with Crippen LogP contribution in [0, 0.1) is 6.92 Å². The van der Waals surface area contributed by atoms with Crippen molar-refractivity contribution in [2.24, 2.45) is 0 Å². The second-order valence-corrected chi connectivity index (χ2v) is 6.59. The quantitative estimate of drug-likeness (QED) is 0.892. The Morgan fingerprint density at radius 2 is 2.25 bits per heavy atom. The lowest BCUT2D eigenvalue weighted by Crippen LogP contribution is -2.09. The molecule has 2 aromatic rings. The van der Waals surface area contributed by atoms with Crippen molar-refractivity contribution >= 4 is 32.7 Å². The highest BCUT2D eigenvalue weighted by Gasteiger charge is 2.12. The van der Waals surface area contributed by atoms with E-state index in [1.54, 1.807) is 18.3 Å². The summed E-state index contributed by atoms with van der Waals surface area (Å²) in [6, 6.07) is 4.73. The third kappa shape index (κ3) is 3.34. The van der Waals surface area contributed by atoms with E-state index < -0.39 is 16.8 Å². The molecular weight excluding hydrogens is 344 g/mol. The number of hydrogen-bond acceptors (Lipinski definition) is 3. The van der Waals surface area contributed by atoms with E-state index in [-0.39, 0.29) is 5.56 Å². The van der Waals surface area contributed by atoms with Crippen LogP contribution in [-0.2, 0) is 17.3 Å². The van der Waals surface area contributed by atoms with Crippen molar-refractivity contribution in [2.45, 2.75) is 18.4 Å². The predicted molar refractivity (Wildman–Crippen MR) is 79.3 cm³/mol. The number of benzene rings is 1. The first-order valence-electron chi connectivity index (χ1n) is 5.88. The Morgan fingerprint density at radius 3 is 2.85 bits per heavy atom. The molecule has 0 aliphatic carbocycles. The Hall–Kier alpha value is -1.47. The van der Waals surface area contributed by atoms with Gasteiger partial charge in [-0.1, -0.05) is 0 Å². The number of carboxylic acids is 1. The molecule has 0 amide bonds. The number of carbonyl (C=O) groups is 1. The Bertz CT molecular complexity index is 669. The van der Waals surface area contributed by atoms with Crippen LogP contribution in [0.4, 0.5) is 0 Å². The number of aryl methyl sites for hydroxylation is 2. The van der Waals surface area contributed by atoms with Gasteiger partial charge < -0.3 is 9.67 Å². The first kappa shape index (κ1) is 14.9. The summed E-state index contributed by atoms with van der Waals surface area (Å²) >= 11 is 3.17. The summed E-state index contributed by atoms with van der Waals surface area (Å²) in [4.78, 5) is 15.7. The number of imidazole rings is 1. The molecule has 1 heterocycles. The van der Waals surface area contributed by atoms with Crippen LogP contribution >= 0.6 is 15.9 Å². The standard InChI is InChI=1S/C13H13BrN2O3S/c1-9-15-4-5-16(9)6-7-20(19)10-2-3-12(14)11(8-10)13(17)18/h2-5,8H,6-7H2,1H3,(H,17,18). The van der Waals surface area contributed by atoms with Crippen LogP contribution in [0.5, 0.6) is 0 Å². The summed E-state index contributed by atoms with van der Waals surface area (Å²) < 4.78 is 14.6. The number of aromatic nitrogens is 2. The minimum Gasteiger partial charge on any atom is -0.478 e. The van der Waals surface area contributed by atoms with E-state index in [9.17, 15) is 9.00 Å². The third-order valence-electron chi connectivity index (χ3n) is 2.87. The van der Waals surface area contributed by atoms with Gasteiger partial charge in [0.1, 0.15) is 5.82 Å². The maximum absolute atomic E-state index is 12.2. The summed E-state index contributed by atoms with van der Waals surface area (Å²) in [5.41, 5.74) is 0.120. The first-order valence-corrected chi connectivity index (χ1v) is 7.99. The average Bonchev–Trinajstić information content (AvgIpc) is 2.81. The third-order valence-corrected chi connectivity index (χ3v) is 4.90. The van der Waals surface area contributed by atoms with E-state index >= 15 is 0 Å². The molecule has 0 radical (unpaired) electrons. The van der Waals surface area contributed by atoms with Crippen LogP contribution in [-0.4, -0.2) is 30.6 Å². The van der Waals surface area contributed by atoms with Crippen molar-refractivity contribution in [1.29, 1.82) is 0 Å². The molecule has 7 heteroatoms. The molecule has 1 aromatic carbocycles. The molecule has 0 aliphatic rings. The molecule has 5 nitrogen and oxygen atoms in total. The van der Waals surface area contributed by atoms with Crippen molar-refractivity contribution in [3.63, 3.8) is 0 Å². The summed E-state index contributed by atoms with van der Waals surface area (Å²) in [5, 5.41) is 9.05. The van der Waals surface area contributed by atoms with Crippen LogP contribution in [0.1, 0.15) is 16.2 Å². The van der Waals surface area contributed by atoms with Gasteiger partial charge >= 0.3 is 5.97 Å². The fourth-order valence-electron chi connectivity index (χ4n) is 1.75. The Balaban J connectivity index is 2.12. The van der Waals surface area contributed by atoms with Crippen molar-refractivity contribution in [1.82, 2.24) is 9.55 Å². The molecule has 0 bridgehead atoms. The minimum absolute atomic E-state index is 0.120. The first-order chi connectivity index (χ1) is 9.49. The van der Waals surface area contributed by atoms with Crippen LogP contribution < -0.4 is 0 Å². The lowest BCUT2D eigenvalue weighted by Gasteiger charge is -2.07. The maximum Gasteiger partial charge on any atom is 0.336 e. The Morgan fingerprint density at radius 1 is 1.50 bits per heavy atom. The molecule has 1 atom stereocenters. The molecule has 0 aliphatic heterocycles. The summed E-state index contributed by atoms with van der Waals surface area (Å²) in [7, 11) is -1.24.